The quantitative estimate of drug-likeness (QED) is 0.851. The number of aromatic nitrogens is 1. The average Bonchev–Trinajstić information content (AvgIpc) is 3.07. The SMILES string of the molecule is O=C(CC1C=CCC1)NS(=O)(=O)c1ccc2[nH]ccc2c1. The first-order valence-corrected chi connectivity index (χ1v) is 8.32. The van der Waals surface area contributed by atoms with E-state index >= 15 is 0 Å². The van der Waals surface area contributed by atoms with Crippen LogP contribution in [0.3, 0.4) is 0 Å². The zero-order valence-electron chi connectivity index (χ0n) is 11.4. The highest BCUT2D eigenvalue weighted by Crippen LogP contribution is 2.21. The molecule has 2 aromatic rings. The van der Waals surface area contributed by atoms with Gasteiger partial charge in [-0.25, -0.2) is 13.1 Å². The van der Waals surface area contributed by atoms with Crippen LogP contribution in [-0.2, 0) is 14.8 Å². The Bertz CT molecular complexity index is 805. The molecule has 1 aliphatic carbocycles. The molecule has 1 atom stereocenters. The summed E-state index contributed by atoms with van der Waals surface area (Å²) in [4.78, 5) is 15.0. The van der Waals surface area contributed by atoms with Crippen LogP contribution in [-0.4, -0.2) is 19.3 Å². The van der Waals surface area contributed by atoms with Gasteiger partial charge in [0, 0.05) is 23.5 Å². The molecule has 1 heterocycles. The lowest BCUT2D eigenvalue weighted by Gasteiger charge is -2.09. The molecule has 6 heteroatoms. The molecule has 0 aliphatic heterocycles. The van der Waals surface area contributed by atoms with Crippen LogP contribution in [0.1, 0.15) is 19.3 Å². The first kappa shape index (κ1) is 13.9. The van der Waals surface area contributed by atoms with Crippen LogP contribution >= 0.6 is 0 Å². The molecule has 21 heavy (non-hydrogen) atoms. The van der Waals surface area contributed by atoms with Crippen molar-refractivity contribution in [3.8, 4) is 0 Å². The first-order valence-electron chi connectivity index (χ1n) is 6.84. The molecule has 1 aromatic carbocycles. The number of nitrogens with one attached hydrogen (secondary N) is 2. The summed E-state index contributed by atoms with van der Waals surface area (Å²) in [5.74, 6) is -0.312. The lowest BCUT2D eigenvalue weighted by molar-refractivity contribution is -0.119. The summed E-state index contributed by atoms with van der Waals surface area (Å²) in [6, 6.07) is 6.52. The Balaban J connectivity index is 1.76. The van der Waals surface area contributed by atoms with Gasteiger partial charge in [-0.15, -0.1) is 0 Å². The molecule has 1 unspecified atom stereocenters. The molecule has 0 saturated carbocycles. The zero-order valence-corrected chi connectivity index (χ0v) is 12.2. The number of benzene rings is 1. The van der Waals surface area contributed by atoms with Gasteiger partial charge in [0.15, 0.2) is 0 Å². The third-order valence-corrected chi connectivity index (χ3v) is 5.01. The predicted octanol–water partition coefficient (Wildman–Crippen LogP) is 2.33. The van der Waals surface area contributed by atoms with Crippen molar-refractivity contribution in [2.24, 2.45) is 5.92 Å². The van der Waals surface area contributed by atoms with E-state index in [1.165, 1.54) is 6.07 Å². The summed E-state index contributed by atoms with van der Waals surface area (Å²) in [5.41, 5.74) is 0.858. The molecule has 110 valence electrons. The molecular weight excluding hydrogens is 288 g/mol. The van der Waals surface area contributed by atoms with E-state index in [0.717, 1.165) is 23.7 Å². The van der Waals surface area contributed by atoms with Gasteiger partial charge in [-0.3, -0.25) is 4.79 Å². The summed E-state index contributed by atoms with van der Waals surface area (Å²) in [5, 5.41) is 0.795. The predicted molar refractivity (Wildman–Crippen MR) is 80.1 cm³/mol. The maximum Gasteiger partial charge on any atom is 0.264 e. The van der Waals surface area contributed by atoms with E-state index in [1.54, 1.807) is 24.4 Å². The Kier molecular flexibility index (Phi) is 3.55. The topological polar surface area (TPSA) is 79.0 Å². The summed E-state index contributed by atoms with van der Waals surface area (Å²) < 4.78 is 26.6. The maximum atomic E-state index is 12.2. The number of hydrogen-bond donors (Lipinski definition) is 2. The van der Waals surface area contributed by atoms with Crippen LogP contribution in [0.4, 0.5) is 0 Å². The van der Waals surface area contributed by atoms with Gasteiger partial charge >= 0.3 is 0 Å². The second-order valence-corrected chi connectivity index (χ2v) is 6.91. The molecule has 1 aromatic heterocycles. The fourth-order valence-corrected chi connectivity index (χ4v) is 3.58. The number of allylic oxidation sites excluding steroid dienone is 2. The van der Waals surface area contributed by atoms with Crippen LogP contribution in [0.25, 0.3) is 10.9 Å². The van der Waals surface area contributed by atoms with Crippen molar-refractivity contribution in [3.05, 3.63) is 42.6 Å². The Labute approximate surface area is 123 Å². The van der Waals surface area contributed by atoms with Gasteiger partial charge in [0.1, 0.15) is 0 Å². The molecular formula is C15H16N2O3S. The number of sulfonamides is 1. The molecule has 0 bridgehead atoms. The molecule has 0 radical (unpaired) electrons. The van der Waals surface area contributed by atoms with E-state index in [1.807, 2.05) is 12.2 Å². The maximum absolute atomic E-state index is 12.2. The molecule has 1 aliphatic rings. The van der Waals surface area contributed by atoms with Crippen molar-refractivity contribution >= 4 is 26.8 Å². The van der Waals surface area contributed by atoms with Gasteiger partial charge < -0.3 is 4.98 Å². The summed E-state index contributed by atoms with van der Waals surface area (Å²) in [6.07, 6.45) is 7.80. The summed E-state index contributed by atoms with van der Waals surface area (Å²) in [7, 11) is -3.81. The third-order valence-electron chi connectivity index (χ3n) is 3.64. The largest absolute Gasteiger partial charge is 0.361 e. The highest BCUT2D eigenvalue weighted by atomic mass is 32.2. The second kappa shape index (κ2) is 5.37. The standard InChI is InChI=1S/C15H16N2O3S/c18-15(9-11-3-1-2-4-11)17-21(19,20)13-5-6-14-12(10-13)7-8-16-14/h1,3,5-8,10-11,16H,2,4,9H2,(H,17,18). The molecule has 0 saturated heterocycles. The van der Waals surface area contributed by atoms with Crippen LogP contribution in [0, 0.1) is 5.92 Å². The van der Waals surface area contributed by atoms with Gasteiger partial charge in [0.05, 0.1) is 4.90 Å². The molecule has 0 spiro atoms. The van der Waals surface area contributed by atoms with Crippen LogP contribution in [0.15, 0.2) is 47.5 Å². The summed E-state index contributed by atoms with van der Waals surface area (Å²) in [6.45, 7) is 0. The van der Waals surface area contributed by atoms with Gasteiger partial charge in [-0.1, -0.05) is 12.2 Å². The van der Waals surface area contributed by atoms with Crippen molar-refractivity contribution in [1.82, 2.24) is 9.71 Å². The molecule has 3 rings (SSSR count). The van der Waals surface area contributed by atoms with Crippen molar-refractivity contribution < 1.29 is 13.2 Å². The molecule has 0 fully saturated rings. The van der Waals surface area contributed by atoms with E-state index in [4.69, 9.17) is 0 Å². The second-order valence-electron chi connectivity index (χ2n) is 5.23. The Morgan fingerprint density at radius 2 is 2.19 bits per heavy atom. The van der Waals surface area contributed by atoms with E-state index in [0.29, 0.717) is 0 Å². The Hall–Kier alpha value is -2.08. The summed E-state index contributed by atoms with van der Waals surface area (Å²) >= 11 is 0. The van der Waals surface area contributed by atoms with Crippen molar-refractivity contribution in [3.63, 3.8) is 0 Å². The number of amides is 1. The average molecular weight is 304 g/mol. The minimum Gasteiger partial charge on any atom is -0.361 e. The third kappa shape index (κ3) is 3.00. The Morgan fingerprint density at radius 1 is 1.33 bits per heavy atom. The number of H-pyrrole nitrogens is 1. The van der Waals surface area contributed by atoms with Crippen molar-refractivity contribution in [1.29, 1.82) is 0 Å². The van der Waals surface area contributed by atoms with Crippen LogP contribution in [0.2, 0.25) is 0 Å². The molecule has 2 N–H and O–H groups in total. The first-order chi connectivity index (χ1) is 10.0. The number of aromatic amines is 1. The zero-order chi connectivity index (χ0) is 14.9. The fraction of sp³-hybridized carbons (Fsp3) is 0.267. The highest BCUT2D eigenvalue weighted by molar-refractivity contribution is 7.90. The normalized spacial score (nSPS) is 18.2. The van der Waals surface area contributed by atoms with Crippen LogP contribution in [0.5, 0.6) is 0 Å². The van der Waals surface area contributed by atoms with Crippen molar-refractivity contribution in [2.75, 3.05) is 0 Å². The van der Waals surface area contributed by atoms with Crippen molar-refractivity contribution in [2.45, 2.75) is 24.2 Å². The number of carbonyl (C=O) groups is 1. The molecule has 5 nitrogen and oxygen atoms in total. The van der Waals surface area contributed by atoms with Crippen LogP contribution < -0.4 is 4.72 Å². The monoisotopic (exact) mass is 304 g/mol. The number of hydrogen-bond acceptors (Lipinski definition) is 3. The number of fused-ring (bicyclic) bond motifs is 1. The highest BCUT2D eigenvalue weighted by Gasteiger charge is 2.21. The number of carbonyl (C=O) groups excluding carboxylic acids is 1. The molecule has 1 amide bonds. The van der Waals surface area contributed by atoms with Gasteiger partial charge in [-0.2, -0.15) is 0 Å². The minimum absolute atomic E-state index is 0.102. The van der Waals surface area contributed by atoms with E-state index < -0.39 is 15.9 Å². The van der Waals surface area contributed by atoms with Gasteiger partial charge in [0.25, 0.3) is 10.0 Å². The lowest BCUT2D eigenvalue weighted by atomic mass is 10.1. The number of rotatable bonds is 4. The van der Waals surface area contributed by atoms with Gasteiger partial charge in [-0.05, 0) is 43.0 Å². The van der Waals surface area contributed by atoms with E-state index in [2.05, 4.69) is 9.71 Å². The Morgan fingerprint density at radius 3 is 2.95 bits per heavy atom. The smallest absolute Gasteiger partial charge is 0.264 e. The van der Waals surface area contributed by atoms with E-state index in [-0.39, 0.29) is 17.2 Å². The minimum atomic E-state index is -3.81. The lowest BCUT2D eigenvalue weighted by Crippen LogP contribution is -2.31. The van der Waals surface area contributed by atoms with Gasteiger partial charge in [0.2, 0.25) is 5.91 Å². The fourth-order valence-electron chi connectivity index (χ4n) is 2.55. The van der Waals surface area contributed by atoms with E-state index in [9.17, 15) is 13.2 Å².